The monoisotopic (exact) mass is 406 g/mol. The fourth-order valence-corrected chi connectivity index (χ4v) is 4.51. The van der Waals surface area contributed by atoms with Crippen molar-refractivity contribution in [3.63, 3.8) is 0 Å². The van der Waals surface area contributed by atoms with Gasteiger partial charge in [-0.1, -0.05) is 37.0 Å². The molecule has 140 valence electrons. The molecule has 0 bridgehead atoms. The van der Waals surface area contributed by atoms with E-state index in [0.29, 0.717) is 5.92 Å². The molecule has 0 spiro atoms. The van der Waals surface area contributed by atoms with Gasteiger partial charge in [-0.15, -0.1) is 0 Å². The van der Waals surface area contributed by atoms with Crippen molar-refractivity contribution in [3.8, 4) is 0 Å². The minimum Gasteiger partial charge on any atom is -0.350 e. The molecule has 0 radical (unpaired) electrons. The molecule has 1 aliphatic carbocycles. The molecular formula is C17H24Cl2N2O3S. The van der Waals surface area contributed by atoms with Gasteiger partial charge in [0.2, 0.25) is 10.0 Å². The number of rotatable bonds is 8. The van der Waals surface area contributed by atoms with E-state index in [0.717, 1.165) is 25.7 Å². The van der Waals surface area contributed by atoms with Crippen molar-refractivity contribution in [2.75, 3.05) is 0 Å². The topological polar surface area (TPSA) is 75.3 Å². The number of hydrogen-bond acceptors (Lipinski definition) is 3. The van der Waals surface area contributed by atoms with Crippen LogP contribution in [0, 0.1) is 5.92 Å². The van der Waals surface area contributed by atoms with Crippen LogP contribution in [0.5, 0.6) is 0 Å². The second-order valence-electron chi connectivity index (χ2n) is 7.00. The summed E-state index contributed by atoms with van der Waals surface area (Å²) >= 11 is 12.2. The molecule has 0 aliphatic heterocycles. The zero-order valence-corrected chi connectivity index (χ0v) is 16.9. The lowest BCUT2D eigenvalue weighted by Crippen LogP contribution is -2.33. The first-order chi connectivity index (χ1) is 11.6. The fraction of sp³-hybridized carbons (Fsp3) is 0.588. The van der Waals surface area contributed by atoms with Crippen LogP contribution in [0.3, 0.4) is 0 Å². The summed E-state index contributed by atoms with van der Waals surface area (Å²) in [4.78, 5) is 12.4. The first-order valence-corrected chi connectivity index (χ1v) is 10.7. The highest BCUT2D eigenvalue weighted by atomic mass is 35.5. The molecule has 1 fully saturated rings. The van der Waals surface area contributed by atoms with Crippen LogP contribution < -0.4 is 10.0 Å². The Morgan fingerprint density at radius 1 is 1.16 bits per heavy atom. The Labute approximate surface area is 159 Å². The van der Waals surface area contributed by atoms with E-state index in [1.54, 1.807) is 0 Å². The van der Waals surface area contributed by atoms with E-state index in [4.69, 9.17) is 23.2 Å². The standard InChI is InChI=1S/C17H24Cl2N2O3S/c1-10(2)4-5-11(3)20-17(22)13-8-16(15(19)9-14(13)18)25(23,24)21-12-6-7-12/h8-12,21H,4-7H2,1-3H3,(H,20,22). The Morgan fingerprint density at radius 3 is 2.36 bits per heavy atom. The molecule has 0 aromatic heterocycles. The van der Waals surface area contributed by atoms with Crippen LogP contribution in [0.1, 0.15) is 56.8 Å². The van der Waals surface area contributed by atoms with E-state index in [1.165, 1.54) is 12.1 Å². The van der Waals surface area contributed by atoms with Crippen molar-refractivity contribution in [2.45, 2.75) is 63.4 Å². The summed E-state index contributed by atoms with van der Waals surface area (Å²) in [5.74, 6) is 0.143. The number of carbonyl (C=O) groups is 1. The Morgan fingerprint density at radius 2 is 1.80 bits per heavy atom. The maximum absolute atomic E-state index is 12.5. The third kappa shape index (κ3) is 5.84. The molecule has 1 aliphatic rings. The van der Waals surface area contributed by atoms with E-state index in [-0.39, 0.29) is 32.6 Å². The predicted octanol–water partition coefficient (Wildman–Crippen LogP) is 3.99. The highest BCUT2D eigenvalue weighted by molar-refractivity contribution is 7.89. The SMILES string of the molecule is CC(C)CCC(C)NC(=O)c1cc(S(=O)(=O)NC2CC2)c(Cl)cc1Cl. The highest BCUT2D eigenvalue weighted by Crippen LogP contribution is 2.30. The van der Waals surface area contributed by atoms with Gasteiger partial charge in [0.05, 0.1) is 15.6 Å². The van der Waals surface area contributed by atoms with Gasteiger partial charge in [-0.25, -0.2) is 13.1 Å². The van der Waals surface area contributed by atoms with Crippen molar-refractivity contribution >= 4 is 39.1 Å². The van der Waals surface area contributed by atoms with Gasteiger partial charge >= 0.3 is 0 Å². The van der Waals surface area contributed by atoms with Crippen LogP contribution in [-0.2, 0) is 10.0 Å². The molecule has 2 N–H and O–H groups in total. The molecule has 25 heavy (non-hydrogen) atoms. The molecule has 5 nitrogen and oxygen atoms in total. The van der Waals surface area contributed by atoms with E-state index >= 15 is 0 Å². The van der Waals surface area contributed by atoms with Crippen molar-refractivity contribution < 1.29 is 13.2 Å². The summed E-state index contributed by atoms with van der Waals surface area (Å²) in [5.41, 5.74) is 0.110. The highest BCUT2D eigenvalue weighted by Gasteiger charge is 2.30. The van der Waals surface area contributed by atoms with Crippen LogP contribution in [0.15, 0.2) is 17.0 Å². The van der Waals surface area contributed by atoms with Gasteiger partial charge in [0.15, 0.2) is 0 Å². The Bertz CT molecular complexity index is 747. The molecule has 1 unspecified atom stereocenters. The largest absolute Gasteiger partial charge is 0.350 e. The van der Waals surface area contributed by atoms with Crippen LogP contribution in [0.4, 0.5) is 0 Å². The van der Waals surface area contributed by atoms with Gasteiger partial charge < -0.3 is 5.32 Å². The van der Waals surface area contributed by atoms with Gasteiger partial charge in [0.1, 0.15) is 4.90 Å². The summed E-state index contributed by atoms with van der Waals surface area (Å²) in [6, 6.07) is 2.47. The molecule has 2 rings (SSSR count). The lowest BCUT2D eigenvalue weighted by molar-refractivity contribution is 0.0937. The average molecular weight is 407 g/mol. The van der Waals surface area contributed by atoms with Crippen LogP contribution >= 0.6 is 23.2 Å². The first kappa shape index (κ1) is 20.5. The lowest BCUT2D eigenvalue weighted by atomic mass is 10.0. The molecule has 0 heterocycles. The van der Waals surface area contributed by atoms with Crippen molar-refractivity contribution in [2.24, 2.45) is 5.92 Å². The second-order valence-corrected chi connectivity index (χ2v) is 9.50. The number of nitrogens with one attached hydrogen (secondary N) is 2. The van der Waals surface area contributed by atoms with Gasteiger partial charge in [-0.2, -0.15) is 0 Å². The number of benzene rings is 1. The maximum atomic E-state index is 12.5. The van der Waals surface area contributed by atoms with E-state index in [9.17, 15) is 13.2 Å². The lowest BCUT2D eigenvalue weighted by Gasteiger charge is -2.16. The summed E-state index contributed by atoms with van der Waals surface area (Å²) in [7, 11) is -3.77. The smallest absolute Gasteiger partial charge is 0.253 e. The summed E-state index contributed by atoms with van der Waals surface area (Å²) in [6.45, 7) is 6.15. The predicted molar refractivity (Wildman–Crippen MR) is 101 cm³/mol. The molecule has 1 atom stereocenters. The molecule has 1 amide bonds. The Kier molecular flexibility index (Phi) is 6.76. The maximum Gasteiger partial charge on any atom is 0.253 e. The molecule has 1 aromatic carbocycles. The number of hydrogen-bond donors (Lipinski definition) is 2. The van der Waals surface area contributed by atoms with Gasteiger partial charge in [0.25, 0.3) is 5.91 Å². The van der Waals surface area contributed by atoms with Crippen LogP contribution in [-0.4, -0.2) is 26.4 Å². The van der Waals surface area contributed by atoms with Gasteiger partial charge in [-0.05, 0) is 50.7 Å². The number of amides is 1. The van der Waals surface area contributed by atoms with Crippen molar-refractivity contribution in [1.29, 1.82) is 0 Å². The summed E-state index contributed by atoms with van der Waals surface area (Å²) in [5, 5.41) is 2.99. The zero-order chi connectivity index (χ0) is 18.8. The minimum atomic E-state index is -3.77. The van der Waals surface area contributed by atoms with Gasteiger partial charge in [0, 0.05) is 12.1 Å². The first-order valence-electron chi connectivity index (χ1n) is 8.42. The number of carbonyl (C=O) groups excluding carboxylic acids is 1. The number of sulfonamides is 1. The van der Waals surface area contributed by atoms with E-state index in [1.807, 2.05) is 6.92 Å². The van der Waals surface area contributed by atoms with Crippen molar-refractivity contribution in [1.82, 2.24) is 10.0 Å². The summed E-state index contributed by atoms with van der Waals surface area (Å²) in [6.07, 6.45) is 3.44. The molecule has 1 saturated carbocycles. The third-order valence-electron chi connectivity index (χ3n) is 4.01. The second kappa shape index (κ2) is 8.25. The molecule has 8 heteroatoms. The summed E-state index contributed by atoms with van der Waals surface area (Å²) < 4.78 is 27.4. The Hall–Kier alpha value is -0.820. The van der Waals surface area contributed by atoms with Crippen molar-refractivity contribution in [3.05, 3.63) is 27.7 Å². The van der Waals surface area contributed by atoms with Crippen LogP contribution in [0.25, 0.3) is 0 Å². The van der Waals surface area contributed by atoms with E-state index in [2.05, 4.69) is 23.9 Å². The van der Waals surface area contributed by atoms with E-state index < -0.39 is 15.9 Å². The number of halogens is 2. The Balaban J connectivity index is 2.19. The minimum absolute atomic E-state index is 0.00237. The molecular weight excluding hydrogens is 383 g/mol. The molecule has 1 aromatic rings. The normalized spacial score (nSPS) is 16.1. The average Bonchev–Trinajstić information content (AvgIpc) is 3.27. The van der Waals surface area contributed by atoms with Gasteiger partial charge in [-0.3, -0.25) is 4.79 Å². The zero-order valence-electron chi connectivity index (χ0n) is 14.6. The third-order valence-corrected chi connectivity index (χ3v) is 6.31. The molecule has 0 saturated heterocycles. The van der Waals surface area contributed by atoms with Crippen LogP contribution in [0.2, 0.25) is 10.0 Å². The fourth-order valence-electron chi connectivity index (χ4n) is 2.35. The quantitative estimate of drug-likeness (QED) is 0.684.